The second kappa shape index (κ2) is 7.91. The molecule has 0 saturated carbocycles. The van der Waals surface area contributed by atoms with Crippen LogP contribution in [0.1, 0.15) is 40.5 Å². The van der Waals surface area contributed by atoms with Gasteiger partial charge in [-0.1, -0.05) is 25.5 Å². The fourth-order valence-electron chi connectivity index (χ4n) is 3.34. The van der Waals surface area contributed by atoms with Crippen molar-refractivity contribution in [2.45, 2.75) is 52.9 Å². The Morgan fingerprint density at radius 1 is 1.38 bits per heavy atom. The largest absolute Gasteiger partial charge is 0.465 e. The van der Waals surface area contributed by atoms with Crippen molar-refractivity contribution in [1.29, 1.82) is 0 Å². The molecule has 1 aliphatic carbocycles. The van der Waals surface area contributed by atoms with E-state index in [2.05, 4.69) is 13.8 Å². The average Bonchev–Trinajstić information content (AvgIpc) is 2.86. The molecule has 0 amide bonds. The third-order valence-corrected chi connectivity index (χ3v) is 4.59. The highest BCUT2D eigenvalue weighted by Gasteiger charge is 2.31. The molecule has 2 aliphatic rings. The SMILES string of the molecule is COC(=O)C(/C=C/C1=C(C)CC(O)CC1(C)C)=C/OC1C=C(C)C(=O)O1. The van der Waals surface area contributed by atoms with E-state index in [4.69, 9.17) is 14.2 Å². The Morgan fingerprint density at radius 2 is 2.08 bits per heavy atom. The molecule has 0 radical (unpaired) electrons. The fraction of sp³-hybridized carbons (Fsp3) is 0.500. The monoisotopic (exact) mass is 362 g/mol. The van der Waals surface area contributed by atoms with Gasteiger partial charge in [0.05, 0.1) is 18.8 Å². The molecule has 2 atom stereocenters. The third kappa shape index (κ3) is 4.64. The molecule has 0 aromatic rings. The Balaban J connectivity index is 2.21. The van der Waals surface area contributed by atoms with Crippen LogP contribution >= 0.6 is 0 Å². The van der Waals surface area contributed by atoms with Gasteiger partial charge in [-0.3, -0.25) is 0 Å². The zero-order valence-electron chi connectivity index (χ0n) is 15.9. The van der Waals surface area contributed by atoms with Crippen molar-refractivity contribution in [3.8, 4) is 0 Å². The van der Waals surface area contributed by atoms with Crippen LogP contribution in [0.3, 0.4) is 0 Å². The Bertz CT molecular complexity index is 708. The molecule has 0 spiro atoms. The van der Waals surface area contributed by atoms with E-state index in [1.807, 2.05) is 13.0 Å². The Labute approximate surface area is 153 Å². The third-order valence-electron chi connectivity index (χ3n) is 4.59. The first-order valence-corrected chi connectivity index (χ1v) is 8.54. The summed E-state index contributed by atoms with van der Waals surface area (Å²) in [4.78, 5) is 23.4. The number of allylic oxidation sites excluding steroid dienone is 2. The number of hydrogen-bond acceptors (Lipinski definition) is 6. The van der Waals surface area contributed by atoms with E-state index >= 15 is 0 Å². The van der Waals surface area contributed by atoms with Gasteiger partial charge in [-0.15, -0.1) is 0 Å². The summed E-state index contributed by atoms with van der Waals surface area (Å²) in [5, 5.41) is 9.97. The molecule has 0 aromatic heterocycles. The summed E-state index contributed by atoms with van der Waals surface area (Å²) in [6, 6.07) is 0. The first kappa shape index (κ1) is 20.0. The number of aliphatic hydroxyl groups excluding tert-OH is 1. The molecule has 6 heteroatoms. The van der Waals surface area contributed by atoms with Gasteiger partial charge < -0.3 is 19.3 Å². The highest BCUT2D eigenvalue weighted by molar-refractivity contribution is 5.91. The summed E-state index contributed by atoms with van der Waals surface area (Å²) in [6.45, 7) is 7.73. The summed E-state index contributed by atoms with van der Waals surface area (Å²) in [6.07, 6.45) is 6.31. The molecule has 6 nitrogen and oxygen atoms in total. The van der Waals surface area contributed by atoms with Crippen LogP contribution in [0.5, 0.6) is 0 Å². The van der Waals surface area contributed by atoms with Crippen molar-refractivity contribution in [1.82, 2.24) is 0 Å². The second-order valence-corrected chi connectivity index (χ2v) is 7.30. The average molecular weight is 362 g/mol. The van der Waals surface area contributed by atoms with Crippen molar-refractivity contribution in [3.63, 3.8) is 0 Å². The van der Waals surface area contributed by atoms with Gasteiger partial charge in [-0.05, 0) is 43.8 Å². The van der Waals surface area contributed by atoms with Crippen LogP contribution < -0.4 is 0 Å². The number of carbonyl (C=O) groups excluding carboxylic acids is 2. The molecular weight excluding hydrogens is 336 g/mol. The summed E-state index contributed by atoms with van der Waals surface area (Å²) in [5.41, 5.74) is 2.60. The highest BCUT2D eigenvalue weighted by atomic mass is 16.7. The van der Waals surface area contributed by atoms with Gasteiger partial charge >= 0.3 is 11.9 Å². The number of ether oxygens (including phenoxy) is 3. The first-order chi connectivity index (χ1) is 12.1. The molecule has 0 bridgehead atoms. The molecular formula is C20H26O6. The molecule has 26 heavy (non-hydrogen) atoms. The van der Waals surface area contributed by atoms with Crippen LogP contribution in [0.4, 0.5) is 0 Å². The van der Waals surface area contributed by atoms with E-state index in [-0.39, 0.29) is 17.1 Å². The van der Waals surface area contributed by atoms with E-state index in [0.717, 1.165) is 11.1 Å². The summed E-state index contributed by atoms with van der Waals surface area (Å²) in [7, 11) is 1.29. The Morgan fingerprint density at radius 3 is 2.62 bits per heavy atom. The smallest absolute Gasteiger partial charge is 0.340 e. The van der Waals surface area contributed by atoms with Crippen LogP contribution in [0.25, 0.3) is 0 Å². The van der Waals surface area contributed by atoms with E-state index in [1.165, 1.54) is 19.4 Å². The maximum Gasteiger partial charge on any atom is 0.340 e. The summed E-state index contributed by atoms with van der Waals surface area (Å²) < 4.78 is 15.1. The van der Waals surface area contributed by atoms with Crippen molar-refractivity contribution in [2.75, 3.05) is 7.11 Å². The highest BCUT2D eigenvalue weighted by Crippen LogP contribution is 2.41. The van der Waals surface area contributed by atoms with Crippen molar-refractivity contribution in [2.24, 2.45) is 5.41 Å². The minimum atomic E-state index is -0.849. The van der Waals surface area contributed by atoms with Gasteiger partial charge in [0.1, 0.15) is 6.26 Å². The lowest BCUT2D eigenvalue weighted by Gasteiger charge is -2.35. The Kier molecular flexibility index (Phi) is 6.08. The Hall–Kier alpha value is -2.34. The molecule has 1 N–H and O–H groups in total. The molecule has 142 valence electrons. The molecule has 0 aromatic carbocycles. The maximum absolute atomic E-state index is 12.0. The number of rotatable bonds is 5. The number of esters is 2. The molecule has 0 saturated heterocycles. The van der Waals surface area contributed by atoms with Gasteiger partial charge in [0.15, 0.2) is 0 Å². The standard InChI is InChI=1S/C20H26O6/c1-12-8-15(21)10-20(3,4)16(12)7-6-14(19(23)24-5)11-25-17-9-13(2)18(22)26-17/h6-7,9,11,15,17,21H,8,10H2,1-5H3/b7-6+,14-11+. The van der Waals surface area contributed by atoms with Gasteiger partial charge in [0.25, 0.3) is 6.29 Å². The lowest BCUT2D eigenvalue weighted by Crippen LogP contribution is -2.28. The van der Waals surface area contributed by atoms with Crippen molar-refractivity contribution in [3.05, 3.63) is 46.8 Å². The minimum Gasteiger partial charge on any atom is -0.465 e. The second-order valence-electron chi connectivity index (χ2n) is 7.30. The fourth-order valence-corrected chi connectivity index (χ4v) is 3.34. The maximum atomic E-state index is 12.0. The van der Waals surface area contributed by atoms with E-state index in [1.54, 1.807) is 13.0 Å². The van der Waals surface area contributed by atoms with Crippen LogP contribution in [0.2, 0.25) is 0 Å². The minimum absolute atomic E-state index is 0.198. The van der Waals surface area contributed by atoms with Gasteiger partial charge in [0.2, 0.25) is 0 Å². The van der Waals surface area contributed by atoms with Gasteiger partial charge in [0, 0.05) is 11.6 Å². The van der Waals surface area contributed by atoms with Crippen LogP contribution in [0, 0.1) is 5.41 Å². The zero-order valence-corrected chi connectivity index (χ0v) is 15.9. The molecule has 1 heterocycles. The number of hydrogen-bond donors (Lipinski definition) is 1. The van der Waals surface area contributed by atoms with Crippen LogP contribution in [0.15, 0.2) is 46.8 Å². The lowest BCUT2D eigenvalue weighted by atomic mass is 9.71. The number of cyclic esters (lactones) is 1. The molecule has 1 aliphatic heterocycles. The molecule has 0 fully saturated rings. The molecule has 2 rings (SSSR count). The van der Waals surface area contributed by atoms with Crippen LogP contribution in [-0.2, 0) is 23.8 Å². The normalized spacial score (nSPS) is 26.0. The topological polar surface area (TPSA) is 82.1 Å². The van der Waals surface area contributed by atoms with Crippen LogP contribution in [-0.4, -0.2) is 36.5 Å². The predicted molar refractivity (Wildman–Crippen MR) is 95.7 cm³/mol. The molecule has 2 unspecified atom stereocenters. The predicted octanol–water partition coefficient (Wildman–Crippen LogP) is 2.94. The number of aliphatic hydroxyl groups is 1. The van der Waals surface area contributed by atoms with Gasteiger partial charge in [-0.25, -0.2) is 9.59 Å². The van der Waals surface area contributed by atoms with E-state index in [0.29, 0.717) is 18.4 Å². The first-order valence-electron chi connectivity index (χ1n) is 8.54. The van der Waals surface area contributed by atoms with Crippen molar-refractivity contribution >= 4 is 11.9 Å². The number of methoxy groups -OCH3 is 1. The van der Waals surface area contributed by atoms with E-state index in [9.17, 15) is 14.7 Å². The lowest BCUT2D eigenvalue weighted by molar-refractivity contribution is -0.152. The van der Waals surface area contributed by atoms with Crippen molar-refractivity contribution < 1.29 is 28.9 Å². The number of carbonyl (C=O) groups is 2. The van der Waals surface area contributed by atoms with E-state index < -0.39 is 18.2 Å². The van der Waals surface area contributed by atoms with Gasteiger partial charge in [-0.2, -0.15) is 0 Å². The quantitative estimate of drug-likeness (QED) is 0.350. The summed E-state index contributed by atoms with van der Waals surface area (Å²) >= 11 is 0. The zero-order chi connectivity index (χ0) is 19.5. The summed E-state index contributed by atoms with van der Waals surface area (Å²) in [5.74, 6) is -1.000.